The third-order valence-electron chi connectivity index (χ3n) is 5.58. The Morgan fingerprint density at radius 3 is 2.52 bits per heavy atom. The minimum atomic E-state index is -1.03. The number of amides is 1. The molecule has 6 heteroatoms. The van der Waals surface area contributed by atoms with Crippen LogP contribution in [0.15, 0.2) is 54.7 Å². The molecule has 3 rings (SSSR count). The van der Waals surface area contributed by atoms with Crippen molar-refractivity contribution in [3.05, 3.63) is 66.0 Å². The van der Waals surface area contributed by atoms with Gasteiger partial charge in [0, 0.05) is 12.7 Å². The van der Waals surface area contributed by atoms with Gasteiger partial charge in [-0.05, 0) is 29.5 Å². The Balaban J connectivity index is 2.09. The van der Waals surface area contributed by atoms with E-state index >= 15 is 0 Å². The molecule has 1 fully saturated rings. The maximum atomic E-state index is 12.0. The lowest BCUT2D eigenvalue weighted by Crippen LogP contribution is -2.65. The van der Waals surface area contributed by atoms with E-state index in [0.717, 1.165) is 5.56 Å². The van der Waals surface area contributed by atoms with E-state index in [-0.39, 0.29) is 6.54 Å². The lowest BCUT2D eigenvalue weighted by molar-refractivity contribution is -0.107. The first-order chi connectivity index (χ1) is 13.8. The van der Waals surface area contributed by atoms with Gasteiger partial charge in [-0.1, -0.05) is 57.2 Å². The zero-order valence-corrected chi connectivity index (χ0v) is 17.1. The Hall–Kier alpha value is -2.91. The highest BCUT2D eigenvalue weighted by Crippen LogP contribution is 2.44. The van der Waals surface area contributed by atoms with Gasteiger partial charge in [-0.25, -0.2) is 4.79 Å². The first kappa shape index (κ1) is 20.8. The van der Waals surface area contributed by atoms with Crippen LogP contribution in [-0.4, -0.2) is 39.8 Å². The van der Waals surface area contributed by atoms with Crippen LogP contribution in [0.25, 0.3) is 0 Å². The van der Waals surface area contributed by atoms with Crippen LogP contribution >= 0.6 is 0 Å². The summed E-state index contributed by atoms with van der Waals surface area (Å²) in [5, 5.41) is 20.2. The largest absolute Gasteiger partial charge is 0.465 e. The van der Waals surface area contributed by atoms with Gasteiger partial charge in [0.05, 0.1) is 24.4 Å². The number of piperidine rings is 1. The quantitative estimate of drug-likeness (QED) is 0.840. The number of nitriles is 1. The van der Waals surface area contributed by atoms with Gasteiger partial charge in [-0.2, -0.15) is 5.26 Å². The van der Waals surface area contributed by atoms with Gasteiger partial charge in [0.1, 0.15) is 11.5 Å². The van der Waals surface area contributed by atoms with Crippen LogP contribution in [0.1, 0.15) is 38.4 Å². The second-order valence-electron chi connectivity index (χ2n) is 8.55. The van der Waals surface area contributed by atoms with E-state index in [1.807, 2.05) is 69.3 Å². The summed E-state index contributed by atoms with van der Waals surface area (Å²) < 4.78 is 6.38. The molecule has 1 saturated heterocycles. The molecule has 1 aliphatic rings. The molecule has 29 heavy (non-hydrogen) atoms. The zero-order valence-electron chi connectivity index (χ0n) is 17.1. The standard InChI is InChI=1S/C23H27N3O3/c1-22(2,3)19-20(29-15-17-9-5-4-6-10-17)23(16-24,12-14-26(19)21(27)28)18-11-7-8-13-25-18/h4-11,13,19-20H,12,14-15H2,1-3H3,(H,27,28)/t19?,20-,23-/m0/s1. The highest BCUT2D eigenvalue weighted by atomic mass is 16.5. The number of carboxylic acid groups (broad SMARTS) is 1. The van der Waals surface area contributed by atoms with Gasteiger partial charge in [0.15, 0.2) is 0 Å². The molecular formula is C23H27N3O3. The van der Waals surface area contributed by atoms with E-state index in [1.54, 1.807) is 6.20 Å². The Kier molecular flexibility index (Phi) is 5.90. The number of benzene rings is 1. The average Bonchev–Trinajstić information content (AvgIpc) is 2.72. The zero-order chi connectivity index (χ0) is 21.1. The summed E-state index contributed by atoms with van der Waals surface area (Å²) in [4.78, 5) is 17.9. The Bertz CT molecular complexity index is 874. The first-order valence-corrected chi connectivity index (χ1v) is 9.77. The Labute approximate surface area is 171 Å². The highest BCUT2D eigenvalue weighted by Gasteiger charge is 2.56. The van der Waals surface area contributed by atoms with Crippen molar-refractivity contribution in [2.75, 3.05) is 6.54 Å². The average molecular weight is 393 g/mol. The Morgan fingerprint density at radius 1 is 1.28 bits per heavy atom. The van der Waals surface area contributed by atoms with Crippen molar-refractivity contribution < 1.29 is 14.6 Å². The summed E-state index contributed by atoms with van der Waals surface area (Å²) in [5.41, 5.74) is 0.136. The van der Waals surface area contributed by atoms with Crippen LogP contribution in [-0.2, 0) is 16.8 Å². The molecule has 152 valence electrons. The predicted molar refractivity (Wildman–Crippen MR) is 109 cm³/mol. The number of hydrogen-bond donors (Lipinski definition) is 1. The Morgan fingerprint density at radius 2 is 1.97 bits per heavy atom. The number of rotatable bonds is 4. The second-order valence-corrected chi connectivity index (χ2v) is 8.55. The van der Waals surface area contributed by atoms with Crippen molar-refractivity contribution in [2.24, 2.45) is 5.41 Å². The van der Waals surface area contributed by atoms with E-state index in [9.17, 15) is 15.2 Å². The maximum Gasteiger partial charge on any atom is 0.407 e. The molecule has 0 saturated carbocycles. The van der Waals surface area contributed by atoms with E-state index < -0.39 is 29.1 Å². The second kappa shape index (κ2) is 8.22. The number of carbonyl (C=O) groups is 1. The van der Waals surface area contributed by atoms with Gasteiger partial charge >= 0.3 is 6.09 Å². The molecule has 1 N–H and O–H groups in total. The van der Waals surface area contributed by atoms with E-state index in [4.69, 9.17) is 4.74 Å². The molecule has 2 heterocycles. The lowest BCUT2D eigenvalue weighted by atomic mass is 9.65. The minimum absolute atomic E-state index is 0.257. The summed E-state index contributed by atoms with van der Waals surface area (Å²) in [5.74, 6) is 0. The molecule has 6 nitrogen and oxygen atoms in total. The molecule has 1 unspecified atom stereocenters. The summed E-state index contributed by atoms with van der Waals surface area (Å²) in [6.45, 7) is 6.50. The molecule has 0 radical (unpaired) electrons. The third-order valence-corrected chi connectivity index (χ3v) is 5.58. The number of aromatic nitrogens is 1. The van der Waals surface area contributed by atoms with Crippen LogP contribution in [0, 0.1) is 16.7 Å². The monoisotopic (exact) mass is 393 g/mol. The fraction of sp³-hybridized carbons (Fsp3) is 0.435. The number of nitrogens with zero attached hydrogens (tertiary/aromatic N) is 3. The topological polar surface area (TPSA) is 86.5 Å². The first-order valence-electron chi connectivity index (χ1n) is 9.77. The van der Waals surface area contributed by atoms with E-state index in [1.165, 1.54) is 4.90 Å². The fourth-order valence-electron chi connectivity index (χ4n) is 4.22. The van der Waals surface area contributed by atoms with Crippen molar-refractivity contribution >= 4 is 6.09 Å². The van der Waals surface area contributed by atoms with Crippen molar-refractivity contribution in [3.8, 4) is 6.07 Å². The van der Waals surface area contributed by atoms with Crippen molar-refractivity contribution in [3.63, 3.8) is 0 Å². The molecule has 1 aromatic carbocycles. The molecule has 0 spiro atoms. The minimum Gasteiger partial charge on any atom is -0.465 e. The summed E-state index contributed by atoms with van der Waals surface area (Å²) in [6.07, 6.45) is 0.343. The molecule has 1 aliphatic heterocycles. The van der Waals surface area contributed by atoms with Crippen LogP contribution in [0.4, 0.5) is 4.79 Å². The molecule has 1 aromatic heterocycles. The van der Waals surface area contributed by atoms with Crippen LogP contribution in [0.5, 0.6) is 0 Å². The van der Waals surface area contributed by atoms with Crippen LogP contribution in [0.2, 0.25) is 0 Å². The summed E-state index contributed by atoms with van der Waals surface area (Å²) in [6, 6.07) is 17.2. The maximum absolute atomic E-state index is 12.0. The van der Waals surface area contributed by atoms with E-state index in [2.05, 4.69) is 11.1 Å². The van der Waals surface area contributed by atoms with E-state index in [0.29, 0.717) is 18.7 Å². The fourth-order valence-corrected chi connectivity index (χ4v) is 4.22. The van der Waals surface area contributed by atoms with Crippen LogP contribution < -0.4 is 0 Å². The summed E-state index contributed by atoms with van der Waals surface area (Å²) in [7, 11) is 0. The van der Waals surface area contributed by atoms with Crippen molar-refractivity contribution in [2.45, 2.75) is 51.4 Å². The SMILES string of the molecule is CC(C)(C)C1[C@H](OCc2ccccc2)[C@@](C#N)(c2ccccn2)CCN1C(=O)O. The van der Waals surface area contributed by atoms with Crippen molar-refractivity contribution in [1.82, 2.24) is 9.88 Å². The number of ether oxygens (including phenoxy) is 1. The lowest BCUT2D eigenvalue weighted by Gasteiger charge is -2.52. The van der Waals surface area contributed by atoms with Gasteiger partial charge in [0.2, 0.25) is 0 Å². The molecule has 2 aromatic rings. The van der Waals surface area contributed by atoms with Crippen LogP contribution in [0.3, 0.4) is 0 Å². The molecule has 0 bridgehead atoms. The normalized spacial score (nSPS) is 24.7. The smallest absolute Gasteiger partial charge is 0.407 e. The number of likely N-dealkylation sites (tertiary alicyclic amines) is 1. The van der Waals surface area contributed by atoms with Gasteiger partial charge in [0.25, 0.3) is 0 Å². The number of pyridine rings is 1. The van der Waals surface area contributed by atoms with Gasteiger partial charge in [-0.15, -0.1) is 0 Å². The van der Waals surface area contributed by atoms with Gasteiger partial charge < -0.3 is 14.7 Å². The highest BCUT2D eigenvalue weighted by molar-refractivity contribution is 5.66. The molecule has 1 amide bonds. The third kappa shape index (κ3) is 4.10. The number of hydrogen-bond acceptors (Lipinski definition) is 4. The molecule has 3 atom stereocenters. The van der Waals surface area contributed by atoms with Gasteiger partial charge in [-0.3, -0.25) is 4.98 Å². The molecule has 0 aliphatic carbocycles. The van der Waals surface area contributed by atoms with Crippen molar-refractivity contribution in [1.29, 1.82) is 5.26 Å². The summed E-state index contributed by atoms with van der Waals surface area (Å²) >= 11 is 0. The molecular weight excluding hydrogens is 366 g/mol. The predicted octanol–water partition coefficient (Wildman–Crippen LogP) is 4.23.